The average molecular weight is 585 g/mol. The number of methoxy groups -OCH3 is 1. The Kier molecular flexibility index (Phi) is 9.61. The van der Waals surface area contributed by atoms with Crippen LogP contribution in [0.5, 0.6) is 5.75 Å². The van der Waals surface area contributed by atoms with Crippen molar-refractivity contribution in [2.45, 2.75) is 32.2 Å². The number of aliphatic carboxylic acids is 1. The van der Waals surface area contributed by atoms with Gasteiger partial charge in [-0.1, -0.05) is 36.4 Å². The summed E-state index contributed by atoms with van der Waals surface area (Å²) < 4.78 is 5.24. The van der Waals surface area contributed by atoms with Gasteiger partial charge in [0.2, 0.25) is 11.8 Å². The van der Waals surface area contributed by atoms with E-state index in [4.69, 9.17) is 4.74 Å². The van der Waals surface area contributed by atoms with Crippen molar-refractivity contribution in [1.29, 1.82) is 0 Å². The highest BCUT2D eigenvalue weighted by atomic mass is 16.5. The highest BCUT2D eigenvalue weighted by Gasteiger charge is 2.33. The molecule has 5 rings (SSSR count). The van der Waals surface area contributed by atoms with Crippen LogP contribution in [0.3, 0.4) is 0 Å². The number of carbonyl (C=O) groups is 3. The second-order valence-electron chi connectivity index (χ2n) is 11.5. The van der Waals surface area contributed by atoms with Crippen molar-refractivity contribution in [2.24, 2.45) is 5.92 Å². The molecule has 0 aromatic heterocycles. The first-order chi connectivity index (χ1) is 20.8. The third-order valence-electron chi connectivity index (χ3n) is 8.11. The van der Waals surface area contributed by atoms with E-state index in [2.05, 4.69) is 34.3 Å². The number of amides is 2. The summed E-state index contributed by atoms with van der Waals surface area (Å²) in [5, 5.41) is 12.4. The quantitative estimate of drug-likeness (QED) is 0.323. The molecule has 0 atom stereocenters. The van der Waals surface area contributed by atoms with Crippen LogP contribution in [0.1, 0.15) is 30.4 Å². The minimum atomic E-state index is -0.913. The highest BCUT2D eigenvalue weighted by molar-refractivity contribution is 5.97. The largest absolute Gasteiger partial charge is 0.497 e. The number of carboxylic acid groups (broad SMARTS) is 1. The van der Waals surface area contributed by atoms with E-state index in [9.17, 15) is 19.5 Å². The van der Waals surface area contributed by atoms with Crippen molar-refractivity contribution in [3.63, 3.8) is 0 Å². The Balaban J connectivity index is 1.38. The van der Waals surface area contributed by atoms with E-state index in [1.54, 1.807) is 12.0 Å². The van der Waals surface area contributed by atoms with Crippen molar-refractivity contribution in [3.05, 3.63) is 77.9 Å². The lowest BCUT2D eigenvalue weighted by Crippen LogP contribution is -2.44. The molecule has 2 N–H and O–H groups in total. The van der Waals surface area contributed by atoms with Crippen LogP contribution < -0.4 is 15.0 Å². The van der Waals surface area contributed by atoms with Crippen molar-refractivity contribution in [3.8, 4) is 16.9 Å². The van der Waals surface area contributed by atoms with Gasteiger partial charge in [-0.15, -0.1) is 0 Å². The van der Waals surface area contributed by atoms with Crippen LogP contribution in [-0.2, 0) is 27.3 Å². The van der Waals surface area contributed by atoms with Crippen LogP contribution in [-0.4, -0.2) is 79.6 Å². The van der Waals surface area contributed by atoms with Gasteiger partial charge in [0.25, 0.3) is 0 Å². The van der Waals surface area contributed by atoms with Crippen LogP contribution in [0.15, 0.2) is 66.7 Å². The highest BCUT2D eigenvalue weighted by Crippen LogP contribution is 2.34. The molecule has 2 fully saturated rings. The molecule has 0 bridgehead atoms. The number of ether oxygens (including phenoxy) is 1. The molecule has 0 radical (unpaired) electrons. The molecule has 0 spiro atoms. The molecule has 1 aliphatic heterocycles. The summed E-state index contributed by atoms with van der Waals surface area (Å²) in [4.78, 5) is 43.6. The molecule has 2 aliphatic rings. The van der Waals surface area contributed by atoms with E-state index >= 15 is 0 Å². The SMILES string of the molecule is COc1ccc(CC(=O)Nc2cc(-c3cccc(CN(CCC(=O)O)C(=O)C4CC4)c3)ccc2N2CCN(C)CC2)cc1. The van der Waals surface area contributed by atoms with Gasteiger partial charge in [-0.3, -0.25) is 14.4 Å². The number of benzene rings is 3. The number of piperazine rings is 1. The Labute approximate surface area is 253 Å². The number of anilines is 2. The van der Waals surface area contributed by atoms with E-state index < -0.39 is 5.97 Å². The maximum Gasteiger partial charge on any atom is 0.305 e. The zero-order valence-corrected chi connectivity index (χ0v) is 24.9. The predicted molar refractivity (Wildman–Crippen MR) is 167 cm³/mol. The Hall–Kier alpha value is -4.37. The van der Waals surface area contributed by atoms with E-state index in [0.29, 0.717) is 6.54 Å². The molecule has 43 heavy (non-hydrogen) atoms. The number of hydrogen-bond donors (Lipinski definition) is 2. The van der Waals surface area contributed by atoms with E-state index in [0.717, 1.165) is 78.4 Å². The van der Waals surface area contributed by atoms with Crippen LogP contribution >= 0.6 is 0 Å². The fourth-order valence-corrected chi connectivity index (χ4v) is 5.42. The molecule has 3 aromatic rings. The zero-order chi connectivity index (χ0) is 30.3. The second-order valence-corrected chi connectivity index (χ2v) is 11.5. The topological polar surface area (TPSA) is 102 Å². The second kappa shape index (κ2) is 13.7. The normalized spacial score (nSPS) is 15.2. The smallest absolute Gasteiger partial charge is 0.305 e. The van der Waals surface area contributed by atoms with Gasteiger partial charge in [0.1, 0.15) is 5.75 Å². The number of rotatable bonds is 12. The molecule has 1 saturated heterocycles. The first-order valence-corrected chi connectivity index (χ1v) is 14.9. The van der Waals surface area contributed by atoms with Crippen LogP contribution in [0, 0.1) is 5.92 Å². The molecular weight excluding hydrogens is 544 g/mol. The van der Waals surface area contributed by atoms with Gasteiger partial charge in [-0.2, -0.15) is 0 Å². The molecule has 3 aromatic carbocycles. The van der Waals surface area contributed by atoms with Crippen molar-refractivity contribution in [1.82, 2.24) is 9.80 Å². The van der Waals surface area contributed by atoms with Crippen LogP contribution in [0.25, 0.3) is 11.1 Å². The lowest BCUT2D eigenvalue weighted by Gasteiger charge is -2.35. The summed E-state index contributed by atoms with van der Waals surface area (Å²) in [7, 11) is 3.74. The Bertz CT molecular complexity index is 1450. The number of likely N-dealkylation sites (N-methyl/N-ethyl adjacent to an activating group) is 1. The van der Waals surface area contributed by atoms with Gasteiger partial charge < -0.3 is 29.9 Å². The minimum Gasteiger partial charge on any atom is -0.497 e. The standard InChI is InChI=1S/C34H40N4O5/c1-36-16-18-37(19-17-36)31-13-10-28(22-30(31)35-32(39)21-24-6-11-29(43-2)12-7-24)27-5-3-4-25(20-27)23-38(15-14-33(40)41)34(42)26-8-9-26/h3-7,10-13,20,22,26H,8-9,14-19,21,23H2,1-2H3,(H,35,39)(H,40,41). The molecule has 2 amide bonds. The fraction of sp³-hybridized carbons (Fsp3) is 0.382. The summed E-state index contributed by atoms with van der Waals surface area (Å²) in [5.41, 5.74) is 5.50. The van der Waals surface area contributed by atoms with E-state index in [-0.39, 0.29) is 37.1 Å². The average Bonchev–Trinajstić information content (AvgIpc) is 3.86. The number of nitrogens with one attached hydrogen (secondary N) is 1. The predicted octanol–water partition coefficient (Wildman–Crippen LogP) is 4.51. The number of hydrogen-bond acceptors (Lipinski definition) is 6. The zero-order valence-electron chi connectivity index (χ0n) is 24.9. The van der Waals surface area contributed by atoms with Crippen molar-refractivity contribution >= 4 is 29.2 Å². The van der Waals surface area contributed by atoms with Gasteiger partial charge in [-0.25, -0.2) is 0 Å². The summed E-state index contributed by atoms with van der Waals surface area (Å²) >= 11 is 0. The van der Waals surface area contributed by atoms with Gasteiger partial charge in [0.15, 0.2) is 0 Å². The Morgan fingerprint density at radius 3 is 2.33 bits per heavy atom. The van der Waals surface area contributed by atoms with Gasteiger partial charge in [-0.05, 0) is 72.5 Å². The van der Waals surface area contributed by atoms with Crippen molar-refractivity contribution < 1.29 is 24.2 Å². The van der Waals surface area contributed by atoms with Crippen LogP contribution in [0.4, 0.5) is 11.4 Å². The molecule has 0 unspecified atom stereocenters. The molecule has 1 saturated carbocycles. The third kappa shape index (κ3) is 8.14. The summed E-state index contributed by atoms with van der Waals surface area (Å²) in [6, 6.07) is 21.7. The van der Waals surface area contributed by atoms with Crippen molar-refractivity contribution in [2.75, 3.05) is 57.1 Å². The fourth-order valence-electron chi connectivity index (χ4n) is 5.42. The van der Waals surface area contributed by atoms with Gasteiger partial charge in [0, 0.05) is 45.2 Å². The van der Waals surface area contributed by atoms with Gasteiger partial charge in [0.05, 0.1) is 31.3 Å². The molecule has 1 aliphatic carbocycles. The number of nitrogens with zero attached hydrogens (tertiary/aromatic N) is 3. The number of carboxylic acids is 1. The molecule has 9 heteroatoms. The molecule has 226 valence electrons. The van der Waals surface area contributed by atoms with E-state index in [1.807, 2.05) is 54.6 Å². The maximum absolute atomic E-state index is 13.2. The monoisotopic (exact) mass is 584 g/mol. The number of carbonyl (C=O) groups excluding carboxylic acids is 2. The first kappa shape index (κ1) is 30.1. The van der Waals surface area contributed by atoms with E-state index in [1.165, 1.54) is 0 Å². The summed E-state index contributed by atoms with van der Waals surface area (Å²) in [5.74, 6) is -0.213. The first-order valence-electron chi connectivity index (χ1n) is 14.9. The van der Waals surface area contributed by atoms with Gasteiger partial charge >= 0.3 is 5.97 Å². The maximum atomic E-state index is 13.2. The molecular formula is C34H40N4O5. The summed E-state index contributed by atoms with van der Waals surface area (Å²) in [6.45, 7) is 4.18. The third-order valence-corrected chi connectivity index (χ3v) is 8.11. The molecule has 1 heterocycles. The molecule has 9 nitrogen and oxygen atoms in total. The summed E-state index contributed by atoms with van der Waals surface area (Å²) in [6.07, 6.45) is 1.91. The lowest BCUT2D eigenvalue weighted by molar-refractivity contribution is -0.139. The lowest BCUT2D eigenvalue weighted by atomic mass is 10.0. The Morgan fingerprint density at radius 2 is 1.65 bits per heavy atom. The minimum absolute atomic E-state index is 0.0168. The Morgan fingerprint density at radius 1 is 0.930 bits per heavy atom. The van der Waals surface area contributed by atoms with Crippen LogP contribution in [0.2, 0.25) is 0 Å².